The Balaban J connectivity index is 2.14. The van der Waals surface area contributed by atoms with Gasteiger partial charge in [-0.15, -0.1) is 0 Å². The van der Waals surface area contributed by atoms with E-state index in [0.29, 0.717) is 16.3 Å². The molecule has 0 amide bonds. The van der Waals surface area contributed by atoms with Crippen LogP contribution >= 0.6 is 11.6 Å². The Bertz CT molecular complexity index is 1000. The van der Waals surface area contributed by atoms with Crippen LogP contribution in [0.2, 0.25) is 5.02 Å². The summed E-state index contributed by atoms with van der Waals surface area (Å²) in [6.07, 6.45) is 0. The summed E-state index contributed by atoms with van der Waals surface area (Å²) in [4.78, 5) is 12.1. The Morgan fingerprint density at radius 1 is 0.966 bits per heavy atom. The highest BCUT2D eigenvalue weighted by molar-refractivity contribution is 6.30. The molecule has 1 heterocycles. The third kappa shape index (κ3) is 3.62. The third-order valence-electron chi connectivity index (χ3n) is 4.48. The van der Waals surface area contributed by atoms with Gasteiger partial charge in [0.2, 0.25) is 11.4 Å². The van der Waals surface area contributed by atoms with Gasteiger partial charge in [-0.25, -0.2) is 4.79 Å². The van der Waals surface area contributed by atoms with Gasteiger partial charge in [0.05, 0.1) is 21.3 Å². The lowest BCUT2D eigenvalue weighted by molar-refractivity contribution is -0.156. The fraction of sp³-hybridized carbons (Fsp3) is 0.190. The van der Waals surface area contributed by atoms with Crippen molar-refractivity contribution in [3.05, 3.63) is 64.9 Å². The zero-order valence-corrected chi connectivity index (χ0v) is 16.7. The molecule has 29 heavy (non-hydrogen) atoms. The average Bonchev–Trinajstić information content (AvgIpc) is 3.22. The standard InChI is InChI=1S/C21H19ClO7/c1-26-16-10-13(11-17(27-2)19(16)28-3)21(25,20(23)24)18-9-8-15(29-18)12-4-6-14(22)7-5-12/h4-11,25H,1-3H3,(H,23,24). The van der Waals surface area contributed by atoms with E-state index >= 15 is 0 Å². The molecule has 2 aromatic carbocycles. The van der Waals surface area contributed by atoms with E-state index < -0.39 is 11.6 Å². The summed E-state index contributed by atoms with van der Waals surface area (Å²) in [5.41, 5.74) is -1.83. The summed E-state index contributed by atoms with van der Waals surface area (Å²) in [5.74, 6) is -0.651. The number of aliphatic carboxylic acids is 1. The van der Waals surface area contributed by atoms with E-state index in [4.69, 9.17) is 30.2 Å². The molecule has 0 saturated heterocycles. The molecule has 3 aromatic rings. The van der Waals surface area contributed by atoms with Crippen LogP contribution in [0.25, 0.3) is 11.3 Å². The van der Waals surface area contributed by atoms with Crippen LogP contribution in [0, 0.1) is 0 Å². The molecule has 1 unspecified atom stereocenters. The molecule has 1 aromatic heterocycles. The second kappa shape index (κ2) is 8.06. The highest BCUT2D eigenvalue weighted by atomic mass is 35.5. The molecule has 7 nitrogen and oxygen atoms in total. The van der Waals surface area contributed by atoms with Gasteiger partial charge in [-0.2, -0.15) is 0 Å². The predicted molar refractivity (Wildman–Crippen MR) is 106 cm³/mol. The monoisotopic (exact) mass is 418 g/mol. The minimum absolute atomic E-state index is 0.0171. The van der Waals surface area contributed by atoms with Gasteiger partial charge < -0.3 is 28.8 Å². The van der Waals surface area contributed by atoms with Crippen molar-refractivity contribution >= 4 is 17.6 Å². The number of benzene rings is 2. The van der Waals surface area contributed by atoms with Crippen LogP contribution in [0.1, 0.15) is 11.3 Å². The van der Waals surface area contributed by atoms with Crippen molar-refractivity contribution in [2.24, 2.45) is 0 Å². The zero-order chi connectivity index (χ0) is 21.2. The largest absolute Gasteiger partial charge is 0.493 e. The van der Waals surface area contributed by atoms with Crippen molar-refractivity contribution in [3.63, 3.8) is 0 Å². The first kappa shape index (κ1) is 20.6. The molecule has 1 atom stereocenters. The number of furan rings is 1. The van der Waals surface area contributed by atoms with E-state index in [1.165, 1.54) is 39.5 Å². The Labute approximate surface area is 172 Å². The average molecular weight is 419 g/mol. The van der Waals surface area contributed by atoms with Gasteiger partial charge in [-0.1, -0.05) is 11.6 Å². The van der Waals surface area contributed by atoms with Crippen LogP contribution in [0.4, 0.5) is 0 Å². The predicted octanol–water partition coefficient (Wildman–Crippen LogP) is 3.95. The Morgan fingerprint density at radius 3 is 2.03 bits per heavy atom. The molecule has 0 fully saturated rings. The third-order valence-corrected chi connectivity index (χ3v) is 4.74. The summed E-state index contributed by atoms with van der Waals surface area (Å²) >= 11 is 5.90. The van der Waals surface area contributed by atoms with Crippen LogP contribution in [-0.2, 0) is 10.4 Å². The van der Waals surface area contributed by atoms with Crippen LogP contribution in [-0.4, -0.2) is 37.5 Å². The molecule has 0 radical (unpaired) electrons. The number of carbonyl (C=O) groups is 1. The van der Waals surface area contributed by atoms with E-state index in [-0.39, 0.29) is 28.6 Å². The van der Waals surface area contributed by atoms with Gasteiger partial charge >= 0.3 is 5.97 Å². The van der Waals surface area contributed by atoms with Crippen molar-refractivity contribution in [1.82, 2.24) is 0 Å². The van der Waals surface area contributed by atoms with E-state index in [1.54, 1.807) is 30.3 Å². The Hall–Kier alpha value is -3.16. The maximum Gasteiger partial charge on any atom is 0.348 e. The number of halogens is 1. The number of ether oxygens (including phenoxy) is 3. The fourth-order valence-corrected chi connectivity index (χ4v) is 3.09. The molecular weight excluding hydrogens is 400 g/mol. The smallest absolute Gasteiger partial charge is 0.348 e. The van der Waals surface area contributed by atoms with Gasteiger partial charge in [-0.3, -0.25) is 0 Å². The van der Waals surface area contributed by atoms with Crippen LogP contribution < -0.4 is 14.2 Å². The molecule has 2 N–H and O–H groups in total. The number of carboxylic acids is 1. The highest BCUT2D eigenvalue weighted by Gasteiger charge is 2.44. The van der Waals surface area contributed by atoms with E-state index in [9.17, 15) is 15.0 Å². The van der Waals surface area contributed by atoms with Crippen molar-refractivity contribution in [2.45, 2.75) is 5.60 Å². The quantitative estimate of drug-likeness (QED) is 0.599. The summed E-state index contributed by atoms with van der Waals surface area (Å²) in [5, 5.41) is 21.6. The Kier molecular flexibility index (Phi) is 5.72. The van der Waals surface area contributed by atoms with Crippen LogP contribution in [0.3, 0.4) is 0 Å². The summed E-state index contributed by atoms with van der Waals surface area (Å²) < 4.78 is 21.5. The number of aliphatic hydroxyl groups is 1. The van der Waals surface area contributed by atoms with E-state index in [2.05, 4.69) is 0 Å². The normalized spacial score (nSPS) is 12.9. The van der Waals surface area contributed by atoms with Crippen molar-refractivity contribution in [2.75, 3.05) is 21.3 Å². The van der Waals surface area contributed by atoms with Crippen molar-refractivity contribution < 1.29 is 33.6 Å². The maximum atomic E-state index is 12.1. The molecule has 0 bridgehead atoms. The lowest BCUT2D eigenvalue weighted by Crippen LogP contribution is -2.36. The summed E-state index contributed by atoms with van der Waals surface area (Å²) in [6.45, 7) is 0. The maximum absolute atomic E-state index is 12.1. The number of hydrogen-bond acceptors (Lipinski definition) is 6. The minimum Gasteiger partial charge on any atom is -0.493 e. The zero-order valence-electron chi connectivity index (χ0n) is 15.9. The Morgan fingerprint density at radius 2 is 1.55 bits per heavy atom. The van der Waals surface area contributed by atoms with Gasteiger partial charge in [-0.05, 0) is 48.5 Å². The summed E-state index contributed by atoms with van der Waals surface area (Å²) in [6, 6.07) is 12.5. The van der Waals surface area contributed by atoms with Gasteiger partial charge in [0.25, 0.3) is 0 Å². The number of hydrogen-bond donors (Lipinski definition) is 2. The van der Waals surface area contributed by atoms with Gasteiger partial charge in [0.1, 0.15) is 5.76 Å². The first-order chi connectivity index (χ1) is 13.8. The lowest BCUT2D eigenvalue weighted by atomic mass is 9.90. The first-order valence-electron chi connectivity index (χ1n) is 8.47. The van der Waals surface area contributed by atoms with E-state index in [0.717, 1.165) is 0 Å². The molecule has 0 saturated carbocycles. The molecule has 3 rings (SSSR count). The molecule has 0 spiro atoms. The molecular formula is C21H19ClO7. The SMILES string of the molecule is COc1cc(C(O)(C(=O)O)c2ccc(-c3ccc(Cl)cc3)o2)cc(OC)c1OC. The number of rotatable bonds is 7. The minimum atomic E-state index is -2.49. The van der Waals surface area contributed by atoms with Crippen LogP contribution in [0.15, 0.2) is 52.9 Å². The van der Waals surface area contributed by atoms with Crippen LogP contribution in [0.5, 0.6) is 17.2 Å². The molecule has 8 heteroatoms. The fourth-order valence-electron chi connectivity index (χ4n) is 2.96. The highest BCUT2D eigenvalue weighted by Crippen LogP contribution is 2.43. The molecule has 152 valence electrons. The van der Waals surface area contributed by atoms with Gasteiger partial charge in [0.15, 0.2) is 17.3 Å². The molecule has 0 aliphatic carbocycles. The molecule has 0 aliphatic rings. The first-order valence-corrected chi connectivity index (χ1v) is 8.85. The van der Waals surface area contributed by atoms with Crippen molar-refractivity contribution in [1.29, 1.82) is 0 Å². The van der Waals surface area contributed by atoms with Crippen molar-refractivity contribution in [3.8, 4) is 28.6 Å². The summed E-state index contributed by atoms with van der Waals surface area (Å²) in [7, 11) is 4.22. The lowest BCUT2D eigenvalue weighted by Gasteiger charge is -2.24. The van der Waals surface area contributed by atoms with Gasteiger partial charge in [0, 0.05) is 16.1 Å². The van der Waals surface area contributed by atoms with E-state index in [1.807, 2.05) is 0 Å². The second-order valence-electron chi connectivity index (χ2n) is 6.10. The number of methoxy groups -OCH3 is 3. The molecule has 0 aliphatic heterocycles. The second-order valence-corrected chi connectivity index (χ2v) is 6.54. The number of carboxylic acid groups (broad SMARTS) is 1. The topological polar surface area (TPSA) is 98.4 Å².